The Balaban J connectivity index is 2.94. The predicted molar refractivity (Wildman–Crippen MR) is 69.4 cm³/mol. The van der Waals surface area contributed by atoms with Crippen LogP contribution in [0.4, 0.5) is 5.69 Å². The normalized spacial score (nSPS) is 11.8. The highest BCUT2D eigenvalue weighted by molar-refractivity contribution is 5.97. The van der Waals surface area contributed by atoms with Crippen molar-refractivity contribution < 1.29 is 14.3 Å². The Bertz CT molecular complexity index is 458. The number of methoxy groups -OCH3 is 1. The number of carbonyl (C=O) groups excluding carboxylic acids is 2. The first kappa shape index (κ1) is 14.2. The smallest absolute Gasteiger partial charge is 0.337 e. The molecule has 5 nitrogen and oxygen atoms in total. The molecule has 0 saturated heterocycles. The van der Waals surface area contributed by atoms with Crippen LogP contribution in [0.1, 0.15) is 29.3 Å². The molecule has 0 aliphatic rings. The highest BCUT2D eigenvalue weighted by Crippen LogP contribution is 2.17. The van der Waals surface area contributed by atoms with Crippen molar-refractivity contribution in [2.24, 2.45) is 5.73 Å². The van der Waals surface area contributed by atoms with E-state index in [1.54, 1.807) is 18.2 Å². The van der Waals surface area contributed by atoms with Gasteiger partial charge in [0.2, 0.25) is 5.91 Å². The molecule has 18 heavy (non-hydrogen) atoms. The number of anilines is 1. The lowest BCUT2D eigenvalue weighted by atomic mass is 10.1. The molecule has 0 aromatic heterocycles. The molecule has 0 radical (unpaired) electrons. The van der Waals surface area contributed by atoms with Gasteiger partial charge in [-0.05, 0) is 31.0 Å². The fourth-order valence-corrected chi connectivity index (χ4v) is 1.41. The van der Waals surface area contributed by atoms with Crippen LogP contribution in [-0.4, -0.2) is 25.0 Å². The standard InChI is InChI=1S/C13H18N2O3/c1-4-10(14)12(16)15-11-7-9(13(17)18-3)6-5-8(11)2/h5-7,10H,4,14H2,1-3H3,(H,15,16). The lowest BCUT2D eigenvalue weighted by Crippen LogP contribution is -2.35. The van der Waals surface area contributed by atoms with Crippen LogP contribution in [0.2, 0.25) is 0 Å². The third-order valence-corrected chi connectivity index (χ3v) is 2.69. The number of rotatable bonds is 4. The molecule has 0 heterocycles. The van der Waals surface area contributed by atoms with Gasteiger partial charge in [0.1, 0.15) is 0 Å². The van der Waals surface area contributed by atoms with Crippen LogP contribution in [0.3, 0.4) is 0 Å². The summed E-state index contributed by atoms with van der Waals surface area (Å²) >= 11 is 0. The summed E-state index contributed by atoms with van der Waals surface area (Å²) in [4.78, 5) is 23.1. The van der Waals surface area contributed by atoms with Gasteiger partial charge in [0, 0.05) is 5.69 Å². The number of carbonyl (C=O) groups is 2. The largest absolute Gasteiger partial charge is 0.465 e. The fraction of sp³-hybridized carbons (Fsp3) is 0.385. The van der Waals surface area contributed by atoms with Crippen molar-refractivity contribution in [3.63, 3.8) is 0 Å². The number of aryl methyl sites for hydroxylation is 1. The van der Waals surface area contributed by atoms with E-state index in [-0.39, 0.29) is 5.91 Å². The average Bonchev–Trinajstić information content (AvgIpc) is 2.39. The molecule has 1 rings (SSSR count). The second-order valence-electron chi connectivity index (χ2n) is 4.03. The molecule has 1 atom stereocenters. The van der Waals surface area contributed by atoms with Crippen molar-refractivity contribution in [3.8, 4) is 0 Å². The zero-order valence-electron chi connectivity index (χ0n) is 10.8. The van der Waals surface area contributed by atoms with Crippen molar-refractivity contribution in [1.82, 2.24) is 0 Å². The van der Waals surface area contributed by atoms with E-state index in [1.807, 2.05) is 13.8 Å². The van der Waals surface area contributed by atoms with Crippen LogP contribution in [0.5, 0.6) is 0 Å². The summed E-state index contributed by atoms with van der Waals surface area (Å²) in [6.07, 6.45) is 0.557. The van der Waals surface area contributed by atoms with Gasteiger partial charge < -0.3 is 15.8 Å². The van der Waals surface area contributed by atoms with Crippen LogP contribution in [0, 0.1) is 6.92 Å². The van der Waals surface area contributed by atoms with Crippen molar-refractivity contribution in [1.29, 1.82) is 0 Å². The number of ether oxygens (including phenoxy) is 1. The molecule has 0 saturated carbocycles. The van der Waals surface area contributed by atoms with Gasteiger partial charge in [0.15, 0.2) is 0 Å². The highest BCUT2D eigenvalue weighted by atomic mass is 16.5. The number of amides is 1. The summed E-state index contributed by atoms with van der Waals surface area (Å²) in [6.45, 7) is 3.68. The van der Waals surface area contributed by atoms with Crippen molar-refractivity contribution in [2.75, 3.05) is 12.4 Å². The minimum absolute atomic E-state index is 0.261. The van der Waals surface area contributed by atoms with Gasteiger partial charge in [-0.25, -0.2) is 4.79 Å². The number of hydrogen-bond acceptors (Lipinski definition) is 4. The topological polar surface area (TPSA) is 81.4 Å². The van der Waals surface area contributed by atoms with Crippen LogP contribution >= 0.6 is 0 Å². The van der Waals surface area contributed by atoms with E-state index in [4.69, 9.17) is 5.73 Å². The first-order chi connectivity index (χ1) is 8.49. The highest BCUT2D eigenvalue weighted by Gasteiger charge is 2.14. The average molecular weight is 250 g/mol. The minimum atomic E-state index is -0.550. The lowest BCUT2D eigenvalue weighted by molar-refractivity contribution is -0.117. The third-order valence-electron chi connectivity index (χ3n) is 2.69. The Morgan fingerprint density at radius 2 is 2.11 bits per heavy atom. The molecular formula is C13H18N2O3. The van der Waals surface area contributed by atoms with E-state index in [0.717, 1.165) is 5.56 Å². The van der Waals surface area contributed by atoms with E-state index in [2.05, 4.69) is 10.1 Å². The zero-order chi connectivity index (χ0) is 13.7. The molecule has 3 N–H and O–H groups in total. The third kappa shape index (κ3) is 3.30. The number of nitrogens with two attached hydrogens (primary N) is 1. The number of esters is 1. The zero-order valence-corrected chi connectivity index (χ0v) is 10.8. The van der Waals surface area contributed by atoms with Gasteiger partial charge in [-0.3, -0.25) is 4.79 Å². The lowest BCUT2D eigenvalue weighted by Gasteiger charge is -2.13. The molecule has 5 heteroatoms. The first-order valence-electron chi connectivity index (χ1n) is 5.75. The Labute approximate surface area is 106 Å². The molecule has 1 amide bonds. The van der Waals surface area contributed by atoms with Gasteiger partial charge in [0.25, 0.3) is 0 Å². The van der Waals surface area contributed by atoms with E-state index >= 15 is 0 Å². The summed E-state index contributed by atoms with van der Waals surface area (Å²) in [5, 5.41) is 2.71. The molecule has 0 spiro atoms. The summed E-state index contributed by atoms with van der Waals surface area (Å²) in [5.41, 5.74) is 7.46. The maximum absolute atomic E-state index is 11.7. The first-order valence-corrected chi connectivity index (χ1v) is 5.75. The Morgan fingerprint density at radius 1 is 1.44 bits per heavy atom. The van der Waals surface area contributed by atoms with Crippen molar-refractivity contribution in [3.05, 3.63) is 29.3 Å². The molecule has 0 fully saturated rings. The molecule has 1 unspecified atom stereocenters. The van der Waals surface area contributed by atoms with E-state index in [1.165, 1.54) is 7.11 Å². The van der Waals surface area contributed by atoms with E-state index in [9.17, 15) is 9.59 Å². The SMILES string of the molecule is CCC(N)C(=O)Nc1cc(C(=O)OC)ccc1C. The second-order valence-corrected chi connectivity index (χ2v) is 4.03. The van der Waals surface area contributed by atoms with Gasteiger partial charge in [-0.2, -0.15) is 0 Å². The van der Waals surface area contributed by atoms with Crippen LogP contribution in [0.25, 0.3) is 0 Å². The summed E-state index contributed by atoms with van der Waals surface area (Å²) in [7, 11) is 1.31. The van der Waals surface area contributed by atoms with Gasteiger partial charge in [0.05, 0.1) is 18.7 Å². The minimum Gasteiger partial charge on any atom is -0.465 e. The molecule has 1 aromatic carbocycles. The van der Waals surface area contributed by atoms with E-state index in [0.29, 0.717) is 17.7 Å². The fourth-order valence-electron chi connectivity index (χ4n) is 1.41. The van der Waals surface area contributed by atoms with Crippen LogP contribution in [0.15, 0.2) is 18.2 Å². The number of nitrogens with one attached hydrogen (secondary N) is 1. The van der Waals surface area contributed by atoms with Crippen LogP contribution < -0.4 is 11.1 Å². The maximum Gasteiger partial charge on any atom is 0.337 e. The maximum atomic E-state index is 11.7. The van der Waals surface area contributed by atoms with Crippen molar-refractivity contribution >= 4 is 17.6 Å². The predicted octanol–water partition coefficient (Wildman–Crippen LogP) is 1.46. The molecule has 0 aliphatic heterocycles. The molecule has 1 aromatic rings. The van der Waals surface area contributed by atoms with Gasteiger partial charge >= 0.3 is 5.97 Å². The van der Waals surface area contributed by atoms with Crippen LogP contribution in [-0.2, 0) is 9.53 Å². The molecular weight excluding hydrogens is 232 g/mol. The van der Waals surface area contributed by atoms with E-state index < -0.39 is 12.0 Å². The quantitative estimate of drug-likeness (QED) is 0.793. The second kappa shape index (κ2) is 6.16. The monoisotopic (exact) mass is 250 g/mol. The molecule has 0 aliphatic carbocycles. The summed E-state index contributed by atoms with van der Waals surface area (Å²) in [6, 6.07) is 4.43. The van der Waals surface area contributed by atoms with Gasteiger partial charge in [-0.1, -0.05) is 13.0 Å². The molecule has 98 valence electrons. The Morgan fingerprint density at radius 3 is 2.67 bits per heavy atom. The Hall–Kier alpha value is -1.88. The number of benzene rings is 1. The summed E-state index contributed by atoms with van der Waals surface area (Å²) < 4.78 is 4.63. The van der Waals surface area contributed by atoms with Gasteiger partial charge in [-0.15, -0.1) is 0 Å². The molecule has 0 bridgehead atoms. The number of hydrogen-bond donors (Lipinski definition) is 2. The van der Waals surface area contributed by atoms with Crippen molar-refractivity contribution in [2.45, 2.75) is 26.3 Å². The summed E-state index contributed by atoms with van der Waals surface area (Å²) in [5.74, 6) is -0.701. The Kier molecular flexibility index (Phi) is 4.85.